The first-order chi connectivity index (χ1) is 10.1. The summed E-state index contributed by atoms with van der Waals surface area (Å²) in [5, 5.41) is 9.42. The molecule has 0 aliphatic heterocycles. The average Bonchev–Trinajstić information content (AvgIpc) is 2.46. The Morgan fingerprint density at radius 2 is 2.10 bits per heavy atom. The second-order valence-electron chi connectivity index (χ2n) is 5.76. The Morgan fingerprint density at radius 3 is 2.76 bits per heavy atom. The quantitative estimate of drug-likeness (QED) is 0.817. The molecular formula is C17H22ClNO2. The summed E-state index contributed by atoms with van der Waals surface area (Å²) in [5.74, 6) is -0.216. The first-order valence-electron chi connectivity index (χ1n) is 7.48. The number of hydrogen-bond donors (Lipinski definition) is 1. The molecule has 0 spiro atoms. The van der Waals surface area contributed by atoms with Crippen molar-refractivity contribution in [3.63, 3.8) is 0 Å². The molecule has 1 saturated carbocycles. The SMILES string of the molecule is CN(CC1CCCCC1)c1ccc(Cl)cc1/C=C/C(=O)O. The Labute approximate surface area is 131 Å². The number of carboxylic acid groups (broad SMARTS) is 1. The molecule has 0 saturated heterocycles. The van der Waals surface area contributed by atoms with Crippen LogP contribution in [0.4, 0.5) is 5.69 Å². The minimum absolute atomic E-state index is 0.620. The Balaban J connectivity index is 2.14. The summed E-state index contributed by atoms with van der Waals surface area (Å²) in [6.45, 7) is 1.01. The van der Waals surface area contributed by atoms with E-state index in [2.05, 4.69) is 11.9 Å². The van der Waals surface area contributed by atoms with Crippen molar-refractivity contribution in [2.45, 2.75) is 32.1 Å². The van der Waals surface area contributed by atoms with Gasteiger partial charge in [0.25, 0.3) is 0 Å². The molecule has 0 bridgehead atoms. The average molecular weight is 308 g/mol. The van der Waals surface area contributed by atoms with Gasteiger partial charge in [0.15, 0.2) is 0 Å². The maximum Gasteiger partial charge on any atom is 0.328 e. The molecule has 21 heavy (non-hydrogen) atoms. The lowest BCUT2D eigenvalue weighted by Crippen LogP contribution is -2.27. The van der Waals surface area contributed by atoms with E-state index in [-0.39, 0.29) is 0 Å². The van der Waals surface area contributed by atoms with Crippen LogP contribution >= 0.6 is 11.6 Å². The molecular weight excluding hydrogens is 286 g/mol. The van der Waals surface area contributed by atoms with E-state index in [1.807, 2.05) is 18.2 Å². The second-order valence-corrected chi connectivity index (χ2v) is 6.20. The number of halogens is 1. The summed E-state index contributed by atoms with van der Waals surface area (Å²) in [6.07, 6.45) is 9.35. The van der Waals surface area contributed by atoms with E-state index in [0.717, 1.165) is 29.8 Å². The molecule has 0 aromatic heterocycles. The number of carboxylic acids is 1. The standard InChI is InChI=1S/C17H22ClNO2/c1-19(12-13-5-3-2-4-6-13)16-9-8-15(18)11-14(16)7-10-17(20)21/h7-11,13H,2-6,12H2,1H3,(H,20,21)/b10-7+. The van der Waals surface area contributed by atoms with Gasteiger partial charge in [-0.1, -0.05) is 30.9 Å². The molecule has 2 rings (SSSR count). The first-order valence-corrected chi connectivity index (χ1v) is 7.86. The van der Waals surface area contributed by atoms with E-state index in [1.54, 1.807) is 6.08 Å². The van der Waals surface area contributed by atoms with Gasteiger partial charge in [0.2, 0.25) is 0 Å². The number of anilines is 1. The predicted octanol–water partition coefficient (Wildman–Crippen LogP) is 4.45. The minimum Gasteiger partial charge on any atom is -0.478 e. The Kier molecular flexibility index (Phi) is 5.68. The molecule has 0 atom stereocenters. The van der Waals surface area contributed by atoms with Crippen LogP contribution in [0, 0.1) is 5.92 Å². The van der Waals surface area contributed by atoms with Gasteiger partial charge >= 0.3 is 5.97 Å². The second kappa shape index (κ2) is 7.51. The van der Waals surface area contributed by atoms with Crippen LogP contribution in [-0.4, -0.2) is 24.7 Å². The topological polar surface area (TPSA) is 40.5 Å². The van der Waals surface area contributed by atoms with E-state index >= 15 is 0 Å². The predicted molar refractivity (Wildman–Crippen MR) is 88.0 cm³/mol. The number of nitrogens with zero attached hydrogens (tertiary/aromatic N) is 1. The zero-order valence-corrected chi connectivity index (χ0v) is 13.1. The van der Waals surface area contributed by atoms with E-state index in [9.17, 15) is 4.79 Å². The molecule has 0 heterocycles. The minimum atomic E-state index is -0.948. The summed E-state index contributed by atoms with van der Waals surface area (Å²) < 4.78 is 0. The lowest BCUT2D eigenvalue weighted by atomic mass is 9.89. The Hall–Kier alpha value is -1.48. The summed E-state index contributed by atoms with van der Waals surface area (Å²) in [6, 6.07) is 5.63. The molecule has 1 N–H and O–H groups in total. The lowest BCUT2D eigenvalue weighted by molar-refractivity contribution is -0.131. The van der Waals surface area contributed by atoms with Gasteiger partial charge in [-0.15, -0.1) is 0 Å². The highest BCUT2D eigenvalue weighted by atomic mass is 35.5. The summed E-state index contributed by atoms with van der Waals surface area (Å²) in [7, 11) is 2.07. The molecule has 0 radical (unpaired) electrons. The van der Waals surface area contributed by atoms with Gasteiger partial charge in [-0.2, -0.15) is 0 Å². The zero-order valence-electron chi connectivity index (χ0n) is 12.4. The van der Waals surface area contributed by atoms with Crippen LogP contribution in [0.15, 0.2) is 24.3 Å². The van der Waals surface area contributed by atoms with Crippen molar-refractivity contribution >= 4 is 29.3 Å². The van der Waals surface area contributed by atoms with Crippen LogP contribution in [0.2, 0.25) is 5.02 Å². The fourth-order valence-electron chi connectivity index (χ4n) is 3.02. The van der Waals surface area contributed by atoms with Crippen molar-refractivity contribution in [1.29, 1.82) is 0 Å². The summed E-state index contributed by atoms with van der Waals surface area (Å²) >= 11 is 6.03. The van der Waals surface area contributed by atoms with Crippen molar-refractivity contribution in [3.05, 3.63) is 34.9 Å². The molecule has 4 heteroatoms. The van der Waals surface area contributed by atoms with Gasteiger partial charge < -0.3 is 10.0 Å². The van der Waals surface area contributed by atoms with Gasteiger partial charge in [0.05, 0.1) is 0 Å². The smallest absolute Gasteiger partial charge is 0.328 e. The van der Waals surface area contributed by atoms with E-state index in [4.69, 9.17) is 16.7 Å². The van der Waals surface area contributed by atoms with Crippen molar-refractivity contribution in [1.82, 2.24) is 0 Å². The molecule has 1 fully saturated rings. The zero-order chi connectivity index (χ0) is 15.2. The molecule has 1 aliphatic carbocycles. The fraction of sp³-hybridized carbons (Fsp3) is 0.471. The molecule has 0 amide bonds. The van der Waals surface area contributed by atoms with Gasteiger partial charge in [0, 0.05) is 30.4 Å². The maximum absolute atomic E-state index is 10.7. The van der Waals surface area contributed by atoms with E-state index < -0.39 is 5.97 Å². The van der Waals surface area contributed by atoms with Gasteiger partial charge in [0.1, 0.15) is 0 Å². The van der Waals surface area contributed by atoms with Crippen LogP contribution in [-0.2, 0) is 4.79 Å². The highest BCUT2D eigenvalue weighted by Gasteiger charge is 2.16. The van der Waals surface area contributed by atoms with Crippen molar-refractivity contribution < 1.29 is 9.90 Å². The number of hydrogen-bond acceptors (Lipinski definition) is 2. The largest absolute Gasteiger partial charge is 0.478 e. The van der Waals surface area contributed by atoms with Crippen molar-refractivity contribution in [2.24, 2.45) is 5.92 Å². The Morgan fingerprint density at radius 1 is 1.38 bits per heavy atom. The maximum atomic E-state index is 10.7. The van der Waals surface area contributed by atoms with Crippen LogP contribution in [0.3, 0.4) is 0 Å². The normalized spacial score (nSPS) is 16.3. The third-order valence-corrected chi connectivity index (χ3v) is 4.30. The van der Waals surface area contributed by atoms with Crippen LogP contribution in [0.5, 0.6) is 0 Å². The monoisotopic (exact) mass is 307 g/mol. The number of carbonyl (C=O) groups is 1. The van der Waals surface area contributed by atoms with Crippen LogP contribution in [0.1, 0.15) is 37.7 Å². The molecule has 0 unspecified atom stereocenters. The highest BCUT2D eigenvalue weighted by molar-refractivity contribution is 6.30. The van der Waals surface area contributed by atoms with Gasteiger partial charge in [-0.05, 0) is 48.6 Å². The number of rotatable bonds is 5. The first kappa shape index (κ1) is 15.9. The molecule has 1 aromatic carbocycles. The summed E-state index contributed by atoms with van der Waals surface area (Å²) in [4.78, 5) is 12.9. The molecule has 1 aliphatic rings. The third-order valence-electron chi connectivity index (χ3n) is 4.06. The number of aliphatic carboxylic acids is 1. The van der Waals surface area contributed by atoms with Gasteiger partial charge in [-0.3, -0.25) is 0 Å². The summed E-state index contributed by atoms with van der Waals surface area (Å²) in [5.41, 5.74) is 1.88. The fourth-order valence-corrected chi connectivity index (χ4v) is 3.20. The van der Waals surface area contributed by atoms with E-state index in [1.165, 1.54) is 32.1 Å². The number of benzene rings is 1. The van der Waals surface area contributed by atoms with Crippen molar-refractivity contribution in [3.8, 4) is 0 Å². The van der Waals surface area contributed by atoms with Gasteiger partial charge in [-0.25, -0.2) is 4.79 Å². The molecule has 1 aromatic rings. The molecule has 114 valence electrons. The lowest BCUT2D eigenvalue weighted by Gasteiger charge is -2.29. The van der Waals surface area contributed by atoms with Crippen molar-refractivity contribution in [2.75, 3.05) is 18.5 Å². The van der Waals surface area contributed by atoms with Crippen LogP contribution in [0.25, 0.3) is 6.08 Å². The Bertz CT molecular complexity index is 522. The van der Waals surface area contributed by atoms with Crippen LogP contribution < -0.4 is 4.90 Å². The van der Waals surface area contributed by atoms with E-state index in [0.29, 0.717) is 5.02 Å². The molecule has 3 nitrogen and oxygen atoms in total. The highest BCUT2D eigenvalue weighted by Crippen LogP contribution is 2.29. The third kappa shape index (κ3) is 4.78.